The minimum atomic E-state index is 0.950. The number of hydrogen-bond acceptors (Lipinski definition) is 1. The number of aryl methyl sites for hydroxylation is 2. The average molecular weight is 420 g/mol. The summed E-state index contributed by atoms with van der Waals surface area (Å²) in [6.07, 6.45) is 22.7. The standard InChI is InChI=1S/C30H45N/c1-3-5-7-9-11-26-13-10-14-27(23-26)16-15-25-17-20-29(21-18-25)30-22-19-28(24-31-30)12-8-6-4-2/h17-22,24,26-27H,3-16,23H2,1-2H3. The Kier molecular flexibility index (Phi) is 10.6. The predicted molar refractivity (Wildman–Crippen MR) is 135 cm³/mol. The number of benzene rings is 1. The van der Waals surface area contributed by atoms with Gasteiger partial charge in [-0.3, -0.25) is 4.98 Å². The summed E-state index contributed by atoms with van der Waals surface area (Å²) in [7, 11) is 0. The van der Waals surface area contributed by atoms with E-state index in [0.717, 1.165) is 24.0 Å². The van der Waals surface area contributed by atoms with Crippen molar-refractivity contribution in [3.05, 3.63) is 53.7 Å². The molecule has 0 amide bonds. The summed E-state index contributed by atoms with van der Waals surface area (Å²) >= 11 is 0. The molecule has 0 saturated heterocycles. The van der Waals surface area contributed by atoms with E-state index in [1.165, 1.54) is 107 Å². The van der Waals surface area contributed by atoms with Gasteiger partial charge in [-0.2, -0.15) is 0 Å². The molecular formula is C30H45N. The van der Waals surface area contributed by atoms with E-state index >= 15 is 0 Å². The zero-order valence-electron chi connectivity index (χ0n) is 20.2. The van der Waals surface area contributed by atoms with Gasteiger partial charge in [0.1, 0.15) is 0 Å². The summed E-state index contributed by atoms with van der Waals surface area (Å²) in [5.74, 6) is 1.96. The molecule has 0 spiro atoms. The van der Waals surface area contributed by atoms with Crippen LogP contribution in [0, 0.1) is 11.8 Å². The maximum absolute atomic E-state index is 4.72. The number of rotatable bonds is 13. The first-order chi connectivity index (χ1) is 15.3. The van der Waals surface area contributed by atoms with Gasteiger partial charge in [-0.15, -0.1) is 0 Å². The van der Waals surface area contributed by atoms with Gasteiger partial charge in [-0.05, 0) is 61.1 Å². The average Bonchev–Trinajstić information content (AvgIpc) is 2.82. The van der Waals surface area contributed by atoms with Gasteiger partial charge in [0.2, 0.25) is 0 Å². The van der Waals surface area contributed by atoms with E-state index in [2.05, 4.69) is 56.4 Å². The van der Waals surface area contributed by atoms with Crippen LogP contribution in [0.5, 0.6) is 0 Å². The number of hydrogen-bond donors (Lipinski definition) is 0. The van der Waals surface area contributed by atoms with Crippen LogP contribution in [-0.2, 0) is 12.8 Å². The van der Waals surface area contributed by atoms with Crippen LogP contribution >= 0.6 is 0 Å². The second-order valence-electron chi connectivity index (χ2n) is 9.99. The van der Waals surface area contributed by atoms with Gasteiger partial charge in [-0.1, -0.05) is 108 Å². The lowest BCUT2D eigenvalue weighted by atomic mass is 9.77. The second kappa shape index (κ2) is 13.7. The summed E-state index contributed by atoms with van der Waals surface area (Å²) in [5, 5.41) is 0. The van der Waals surface area contributed by atoms with Crippen molar-refractivity contribution in [1.29, 1.82) is 0 Å². The molecule has 1 heteroatoms. The monoisotopic (exact) mass is 419 g/mol. The lowest BCUT2D eigenvalue weighted by Gasteiger charge is -2.29. The van der Waals surface area contributed by atoms with Gasteiger partial charge in [0.15, 0.2) is 0 Å². The third-order valence-corrected chi connectivity index (χ3v) is 7.34. The molecule has 1 saturated carbocycles. The van der Waals surface area contributed by atoms with Crippen LogP contribution in [0.15, 0.2) is 42.6 Å². The van der Waals surface area contributed by atoms with Gasteiger partial charge < -0.3 is 0 Å². The molecule has 1 aliphatic rings. The molecule has 1 aliphatic carbocycles. The molecule has 2 aromatic rings. The Balaban J connectivity index is 1.43. The van der Waals surface area contributed by atoms with E-state index in [9.17, 15) is 0 Å². The summed E-state index contributed by atoms with van der Waals surface area (Å²) in [4.78, 5) is 4.72. The Morgan fingerprint density at radius 3 is 2.13 bits per heavy atom. The molecule has 2 unspecified atom stereocenters. The van der Waals surface area contributed by atoms with Crippen LogP contribution in [0.1, 0.15) is 108 Å². The molecule has 0 N–H and O–H groups in total. The first-order valence-electron chi connectivity index (χ1n) is 13.3. The number of pyridine rings is 1. The fraction of sp³-hybridized carbons (Fsp3) is 0.633. The minimum absolute atomic E-state index is 0.950. The Morgan fingerprint density at radius 1 is 0.710 bits per heavy atom. The molecule has 1 nitrogen and oxygen atoms in total. The lowest BCUT2D eigenvalue weighted by molar-refractivity contribution is 0.239. The number of nitrogens with zero attached hydrogens (tertiary/aromatic N) is 1. The highest BCUT2D eigenvalue weighted by Gasteiger charge is 2.21. The van der Waals surface area contributed by atoms with Crippen molar-refractivity contribution in [2.24, 2.45) is 11.8 Å². The Labute approximate surface area is 192 Å². The summed E-state index contributed by atoms with van der Waals surface area (Å²) in [6.45, 7) is 4.57. The third-order valence-electron chi connectivity index (χ3n) is 7.34. The van der Waals surface area contributed by atoms with E-state index in [-0.39, 0.29) is 0 Å². The Hall–Kier alpha value is -1.63. The zero-order valence-corrected chi connectivity index (χ0v) is 20.2. The van der Waals surface area contributed by atoms with Gasteiger partial charge in [0, 0.05) is 11.8 Å². The van der Waals surface area contributed by atoms with Crippen molar-refractivity contribution in [1.82, 2.24) is 4.98 Å². The molecule has 1 aromatic heterocycles. The maximum Gasteiger partial charge on any atom is 0.0702 e. The first-order valence-corrected chi connectivity index (χ1v) is 13.3. The topological polar surface area (TPSA) is 12.9 Å². The highest BCUT2D eigenvalue weighted by molar-refractivity contribution is 5.59. The van der Waals surface area contributed by atoms with Gasteiger partial charge in [-0.25, -0.2) is 0 Å². The van der Waals surface area contributed by atoms with Crippen molar-refractivity contribution in [2.45, 2.75) is 110 Å². The summed E-state index contributed by atoms with van der Waals surface area (Å²) in [6, 6.07) is 13.7. The van der Waals surface area contributed by atoms with Crippen molar-refractivity contribution < 1.29 is 0 Å². The van der Waals surface area contributed by atoms with Gasteiger partial charge in [0.05, 0.1) is 5.69 Å². The number of unbranched alkanes of at least 4 members (excludes halogenated alkanes) is 5. The van der Waals surface area contributed by atoms with Crippen LogP contribution < -0.4 is 0 Å². The van der Waals surface area contributed by atoms with E-state index in [1.54, 1.807) is 0 Å². The summed E-state index contributed by atoms with van der Waals surface area (Å²) in [5.41, 5.74) is 5.20. The second-order valence-corrected chi connectivity index (χ2v) is 9.99. The molecule has 0 aliphatic heterocycles. The molecule has 0 bridgehead atoms. The van der Waals surface area contributed by atoms with Crippen molar-refractivity contribution in [3.63, 3.8) is 0 Å². The summed E-state index contributed by atoms with van der Waals surface area (Å²) < 4.78 is 0. The molecular weight excluding hydrogens is 374 g/mol. The molecule has 3 rings (SSSR count). The SMILES string of the molecule is CCCCCCC1CCCC(CCc2ccc(-c3ccc(CCCCC)cn3)cc2)C1. The molecule has 1 fully saturated rings. The van der Waals surface area contributed by atoms with Crippen molar-refractivity contribution in [2.75, 3.05) is 0 Å². The normalized spacial score (nSPS) is 18.9. The minimum Gasteiger partial charge on any atom is -0.256 e. The van der Waals surface area contributed by atoms with Gasteiger partial charge in [0.25, 0.3) is 0 Å². The molecule has 31 heavy (non-hydrogen) atoms. The highest BCUT2D eigenvalue weighted by atomic mass is 14.7. The lowest BCUT2D eigenvalue weighted by Crippen LogP contribution is -2.16. The zero-order chi connectivity index (χ0) is 21.7. The quantitative estimate of drug-likeness (QED) is 0.295. The smallest absolute Gasteiger partial charge is 0.0702 e. The van der Waals surface area contributed by atoms with Crippen LogP contribution in [0.2, 0.25) is 0 Å². The van der Waals surface area contributed by atoms with Crippen LogP contribution in [0.4, 0.5) is 0 Å². The molecule has 2 atom stereocenters. The largest absolute Gasteiger partial charge is 0.256 e. The Morgan fingerprint density at radius 2 is 1.42 bits per heavy atom. The van der Waals surface area contributed by atoms with E-state index < -0.39 is 0 Å². The molecule has 170 valence electrons. The van der Waals surface area contributed by atoms with E-state index in [1.807, 2.05) is 0 Å². The fourth-order valence-corrected chi connectivity index (χ4v) is 5.32. The molecule has 0 radical (unpaired) electrons. The molecule has 1 heterocycles. The van der Waals surface area contributed by atoms with Crippen LogP contribution in [0.25, 0.3) is 11.3 Å². The van der Waals surface area contributed by atoms with E-state index in [0.29, 0.717) is 0 Å². The first kappa shape index (κ1) is 24.0. The number of aromatic nitrogens is 1. The van der Waals surface area contributed by atoms with Crippen LogP contribution in [-0.4, -0.2) is 4.98 Å². The predicted octanol–water partition coefficient (Wildman–Crippen LogP) is 9.19. The van der Waals surface area contributed by atoms with Gasteiger partial charge >= 0.3 is 0 Å². The fourth-order valence-electron chi connectivity index (χ4n) is 5.32. The van der Waals surface area contributed by atoms with Crippen molar-refractivity contribution in [3.8, 4) is 11.3 Å². The van der Waals surface area contributed by atoms with Crippen LogP contribution in [0.3, 0.4) is 0 Å². The maximum atomic E-state index is 4.72. The third kappa shape index (κ3) is 8.43. The van der Waals surface area contributed by atoms with E-state index in [4.69, 9.17) is 4.98 Å². The highest BCUT2D eigenvalue weighted by Crippen LogP contribution is 2.35. The van der Waals surface area contributed by atoms with Crippen molar-refractivity contribution >= 4 is 0 Å². The Bertz CT molecular complexity index is 715. The molecule has 1 aromatic carbocycles.